The van der Waals surface area contributed by atoms with Crippen LogP contribution in [0.4, 0.5) is 0 Å². The minimum Gasteiger partial charge on any atom is -0.481 e. The maximum absolute atomic E-state index is 10.0. The van der Waals surface area contributed by atoms with E-state index in [9.17, 15) is 4.79 Å². The van der Waals surface area contributed by atoms with Crippen LogP contribution in [0.5, 0.6) is 0 Å². The summed E-state index contributed by atoms with van der Waals surface area (Å²) < 4.78 is 0. The molecule has 0 unspecified atom stereocenters. The lowest BCUT2D eigenvalue weighted by atomic mass is 10.1. The standard InChI is InChI=1S/C8H16O2.C3H8O3/c1-2-3-4-5-6-7-8(9)10;4-1-3(6)2-5/h2-7H2,1H3,(H,9,10);3-6H,1-2H2. The van der Waals surface area contributed by atoms with E-state index in [1.54, 1.807) is 0 Å². The molecule has 5 heteroatoms. The van der Waals surface area contributed by atoms with Crippen molar-refractivity contribution in [3.8, 4) is 0 Å². The Morgan fingerprint density at radius 2 is 1.56 bits per heavy atom. The first-order valence-electron chi connectivity index (χ1n) is 5.70. The summed E-state index contributed by atoms with van der Waals surface area (Å²) in [4.78, 5) is 10.0. The van der Waals surface area contributed by atoms with Crippen molar-refractivity contribution in [2.24, 2.45) is 0 Å². The van der Waals surface area contributed by atoms with E-state index < -0.39 is 12.1 Å². The number of carboxylic acid groups (broad SMARTS) is 1. The molecule has 0 aromatic carbocycles. The molecular weight excluding hydrogens is 212 g/mol. The molecule has 0 atom stereocenters. The summed E-state index contributed by atoms with van der Waals surface area (Å²) in [6.07, 6.45) is 4.93. The van der Waals surface area contributed by atoms with Gasteiger partial charge in [-0.25, -0.2) is 0 Å². The summed E-state index contributed by atoms with van der Waals surface area (Å²) in [7, 11) is 0. The van der Waals surface area contributed by atoms with Gasteiger partial charge in [0, 0.05) is 6.42 Å². The van der Waals surface area contributed by atoms with Gasteiger partial charge in [-0.15, -0.1) is 0 Å². The van der Waals surface area contributed by atoms with E-state index in [4.69, 9.17) is 20.4 Å². The Kier molecular flexibility index (Phi) is 15.9. The Morgan fingerprint density at radius 3 is 1.88 bits per heavy atom. The highest BCUT2D eigenvalue weighted by Crippen LogP contribution is 2.04. The van der Waals surface area contributed by atoms with Crippen LogP contribution in [0.3, 0.4) is 0 Å². The monoisotopic (exact) mass is 236 g/mol. The van der Waals surface area contributed by atoms with Gasteiger partial charge in [-0.3, -0.25) is 4.79 Å². The van der Waals surface area contributed by atoms with Crippen LogP contribution in [0.2, 0.25) is 0 Å². The van der Waals surface area contributed by atoms with Gasteiger partial charge in [-0.1, -0.05) is 32.6 Å². The Bertz CT molecular complexity index is 145. The molecule has 0 fully saturated rings. The number of unbranched alkanes of at least 4 members (excludes halogenated alkanes) is 4. The molecule has 98 valence electrons. The van der Waals surface area contributed by atoms with Gasteiger partial charge in [0.25, 0.3) is 0 Å². The fraction of sp³-hybridized carbons (Fsp3) is 0.909. The van der Waals surface area contributed by atoms with E-state index in [2.05, 4.69) is 6.92 Å². The molecule has 0 aliphatic rings. The van der Waals surface area contributed by atoms with E-state index >= 15 is 0 Å². The summed E-state index contributed by atoms with van der Waals surface area (Å²) in [5.41, 5.74) is 0. The lowest BCUT2D eigenvalue weighted by Crippen LogP contribution is -2.15. The smallest absolute Gasteiger partial charge is 0.303 e. The van der Waals surface area contributed by atoms with Crippen molar-refractivity contribution in [2.75, 3.05) is 13.2 Å². The van der Waals surface area contributed by atoms with Crippen molar-refractivity contribution in [1.29, 1.82) is 0 Å². The molecular formula is C11H24O5. The summed E-state index contributed by atoms with van der Waals surface area (Å²) in [5, 5.41) is 32.3. The third-order valence-electron chi connectivity index (χ3n) is 1.92. The molecule has 0 amide bonds. The van der Waals surface area contributed by atoms with Crippen LogP contribution in [0.25, 0.3) is 0 Å². The van der Waals surface area contributed by atoms with Crippen molar-refractivity contribution in [3.05, 3.63) is 0 Å². The molecule has 0 aliphatic carbocycles. The third-order valence-corrected chi connectivity index (χ3v) is 1.92. The topological polar surface area (TPSA) is 98.0 Å². The molecule has 0 aromatic heterocycles. The molecule has 0 saturated carbocycles. The second-order valence-electron chi connectivity index (χ2n) is 3.58. The van der Waals surface area contributed by atoms with Crippen LogP contribution in [0, 0.1) is 0 Å². The van der Waals surface area contributed by atoms with E-state index in [0.29, 0.717) is 6.42 Å². The Balaban J connectivity index is 0. The van der Waals surface area contributed by atoms with Crippen molar-refractivity contribution >= 4 is 5.97 Å². The van der Waals surface area contributed by atoms with Gasteiger partial charge in [0.15, 0.2) is 0 Å². The van der Waals surface area contributed by atoms with Crippen molar-refractivity contribution in [2.45, 2.75) is 51.6 Å². The van der Waals surface area contributed by atoms with Crippen LogP contribution in [-0.2, 0) is 4.79 Å². The SMILES string of the molecule is CCCCCCCC(=O)O.OCC(O)CO. The number of carbonyl (C=O) groups is 1. The number of aliphatic hydroxyl groups is 3. The van der Waals surface area contributed by atoms with Gasteiger partial charge < -0.3 is 20.4 Å². The van der Waals surface area contributed by atoms with Crippen LogP contribution in [0.1, 0.15) is 45.4 Å². The van der Waals surface area contributed by atoms with Gasteiger partial charge in [-0.05, 0) is 6.42 Å². The molecule has 5 nitrogen and oxygen atoms in total. The number of hydrogen-bond donors (Lipinski definition) is 4. The van der Waals surface area contributed by atoms with Crippen LogP contribution in [-0.4, -0.2) is 45.7 Å². The van der Waals surface area contributed by atoms with E-state index in [-0.39, 0.29) is 13.2 Å². The number of aliphatic carboxylic acids is 1. The highest BCUT2D eigenvalue weighted by Gasteiger charge is 1.95. The molecule has 0 aromatic rings. The van der Waals surface area contributed by atoms with Crippen molar-refractivity contribution in [1.82, 2.24) is 0 Å². The molecule has 0 heterocycles. The zero-order chi connectivity index (χ0) is 12.8. The quantitative estimate of drug-likeness (QED) is 0.466. The lowest BCUT2D eigenvalue weighted by Gasteiger charge is -1.96. The molecule has 16 heavy (non-hydrogen) atoms. The highest BCUT2D eigenvalue weighted by atomic mass is 16.4. The maximum Gasteiger partial charge on any atom is 0.303 e. The minimum absolute atomic E-state index is 0.337. The Hall–Kier alpha value is -0.650. The predicted octanol–water partition coefficient (Wildman–Crippen LogP) is 0.763. The normalized spacial score (nSPS) is 9.81. The summed E-state index contributed by atoms with van der Waals surface area (Å²) in [5.74, 6) is -0.670. The molecule has 0 rings (SSSR count). The molecule has 0 bridgehead atoms. The van der Waals surface area contributed by atoms with Gasteiger partial charge in [0.2, 0.25) is 0 Å². The average molecular weight is 236 g/mol. The number of hydrogen-bond acceptors (Lipinski definition) is 4. The van der Waals surface area contributed by atoms with Crippen LogP contribution in [0.15, 0.2) is 0 Å². The zero-order valence-corrected chi connectivity index (χ0v) is 9.93. The van der Waals surface area contributed by atoms with Crippen LogP contribution < -0.4 is 0 Å². The average Bonchev–Trinajstić information content (AvgIpc) is 2.28. The van der Waals surface area contributed by atoms with Crippen molar-refractivity contribution < 1.29 is 25.2 Å². The first-order valence-corrected chi connectivity index (χ1v) is 5.70. The van der Waals surface area contributed by atoms with E-state index in [1.807, 2.05) is 0 Å². The zero-order valence-electron chi connectivity index (χ0n) is 9.93. The third kappa shape index (κ3) is 19.0. The second-order valence-corrected chi connectivity index (χ2v) is 3.58. The van der Waals surface area contributed by atoms with Gasteiger partial charge in [0.05, 0.1) is 13.2 Å². The predicted molar refractivity (Wildman–Crippen MR) is 61.2 cm³/mol. The summed E-state index contributed by atoms with van der Waals surface area (Å²) >= 11 is 0. The largest absolute Gasteiger partial charge is 0.481 e. The van der Waals surface area contributed by atoms with Gasteiger partial charge in [0.1, 0.15) is 6.10 Å². The molecule has 0 saturated heterocycles. The summed E-state index contributed by atoms with van der Waals surface area (Å²) in [6.45, 7) is 1.42. The fourth-order valence-corrected chi connectivity index (χ4v) is 0.938. The number of rotatable bonds is 8. The minimum atomic E-state index is -0.954. The van der Waals surface area contributed by atoms with E-state index in [1.165, 1.54) is 19.3 Å². The van der Waals surface area contributed by atoms with Crippen molar-refractivity contribution in [3.63, 3.8) is 0 Å². The molecule has 0 spiro atoms. The summed E-state index contributed by atoms with van der Waals surface area (Å²) in [6, 6.07) is 0. The first-order chi connectivity index (χ1) is 7.58. The van der Waals surface area contributed by atoms with Gasteiger partial charge in [-0.2, -0.15) is 0 Å². The molecule has 4 N–H and O–H groups in total. The Morgan fingerprint density at radius 1 is 1.06 bits per heavy atom. The lowest BCUT2D eigenvalue weighted by molar-refractivity contribution is -0.137. The number of carboxylic acids is 1. The van der Waals surface area contributed by atoms with E-state index in [0.717, 1.165) is 12.8 Å². The second kappa shape index (κ2) is 14.3. The molecule has 0 aliphatic heterocycles. The van der Waals surface area contributed by atoms with Crippen LogP contribution >= 0.6 is 0 Å². The number of aliphatic hydroxyl groups excluding tert-OH is 3. The maximum atomic E-state index is 10.0. The first kappa shape index (κ1) is 17.7. The van der Waals surface area contributed by atoms with Gasteiger partial charge >= 0.3 is 5.97 Å². The molecule has 0 radical (unpaired) electrons. The highest BCUT2D eigenvalue weighted by molar-refractivity contribution is 5.66. The Labute approximate surface area is 96.7 Å². The fourth-order valence-electron chi connectivity index (χ4n) is 0.938.